The van der Waals surface area contributed by atoms with Gasteiger partial charge in [-0.05, 0) is 42.8 Å². The van der Waals surface area contributed by atoms with E-state index in [1.54, 1.807) is 12.3 Å². The number of hydrogen-bond donors (Lipinski definition) is 1. The fourth-order valence-corrected chi connectivity index (χ4v) is 2.99. The molecule has 0 fully saturated rings. The zero-order chi connectivity index (χ0) is 16.1. The quantitative estimate of drug-likeness (QED) is 0.674. The summed E-state index contributed by atoms with van der Waals surface area (Å²) in [4.78, 5) is 16.9. The van der Waals surface area contributed by atoms with Crippen LogP contribution in [-0.2, 0) is 6.54 Å². The summed E-state index contributed by atoms with van der Waals surface area (Å²) in [7, 11) is 0. The molecule has 1 aromatic carbocycles. The molecule has 0 saturated heterocycles. The third kappa shape index (κ3) is 4.02. The molecule has 116 valence electrons. The first-order valence-electron chi connectivity index (χ1n) is 7.20. The van der Waals surface area contributed by atoms with Gasteiger partial charge in [0.15, 0.2) is 12.0 Å². The number of nitrogens with zero attached hydrogens (tertiary/aromatic N) is 1. The van der Waals surface area contributed by atoms with Crippen LogP contribution in [0.3, 0.4) is 0 Å². The van der Waals surface area contributed by atoms with Crippen molar-refractivity contribution < 1.29 is 9.21 Å². The number of aryl methyl sites for hydroxylation is 1. The molecular formula is C18H16N2O2S. The van der Waals surface area contributed by atoms with Gasteiger partial charge in [-0.25, -0.2) is 0 Å². The number of furan rings is 1. The molecule has 23 heavy (non-hydrogen) atoms. The number of aromatic nitrogens is 1. The molecule has 0 aliphatic heterocycles. The van der Waals surface area contributed by atoms with Gasteiger partial charge >= 0.3 is 0 Å². The zero-order valence-corrected chi connectivity index (χ0v) is 13.5. The van der Waals surface area contributed by atoms with E-state index in [1.807, 2.05) is 31.2 Å². The Labute approximate surface area is 138 Å². The van der Waals surface area contributed by atoms with Crippen LogP contribution in [0.4, 0.5) is 5.69 Å². The van der Waals surface area contributed by atoms with Crippen LogP contribution >= 0.6 is 11.8 Å². The summed E-state index contributed by atoms with van der Waals surface area (Å²) >= 11 is 1.52. The van der Waals surface area contributed by atoms with Gasteiger partial charge in [0.1, 0.15) is 0 Å². The minimum absolute atomic E-state index is 0.369. The molecule has 2 aromatic heterocycles. The smallest absolute Gasteiger partial charge is 0.186 e. The number of pyridine rings is 1. The van der Waals surface area contributed by atoms with Crippen molar-refractivity contribution in [3.8, 4) is 0 Å². The fraction of sp³-hybridized carbons (Fsp3) is 0.111. The summed E-state index contributed by atoms with van der Waals surface area (Å²) in [5.74, 6) is 0.369. The second-order valence-electron chi connectivity index (χ2n) is 5.05. The molecule has 0 atom stereocenters. The first-order chi connectivity index (χ1) is 11.2. The number of anilines is 1. The highest BCUT2D eigenvalue weighted by atomic mass is 32.2. The largest absolute Gasteiger partial charge is 0.460 e. The molecular weight excluding hydrogens is 308 g/mol. The molecule has 0 radical (unpaired) electrons. The van der Waals surface area contributed by atoms with E-state index in [4.69, 9.17) is 4.42 Å². The minimum Gasteiger partial charge on any atom is -0.460 e. The van der Waals surface area contributed by atoms with Crippen LogP contribution in [0.5, 0.6) is 0 Å². The number of hydrogen-bond acceptors (Lipinski definition) is 5. The molecule has 0 bridgehead atoms. The lowest BCUT2D eigenvalue weighted by Gasteiger charge is -2.07. The Morgan fingerprint density at radius 1 is 1.22 bits per heavy atom. The van der Waals surface area contributed by atoms with Gasteiger partial charge in [0.05, 0.1) is 11.2 Å². The van der Waals surface area contributed by atoms with Gasteiger partial charge in [-0.2, -0.15) is 0 Å². The van der Waals surface area contributed by atoms with Crippen molar-refractivity contribution in [2.75, 3.05) is 5.32 Å². The Morgan fingerprint density at radius 3 is 2.78 bits per heavy atom. The monoisotopic (exact) mass is 324 g/mol. The van der Waals surface area contributed by atoms with Crippen molar-refractivity contribution in [1.82, 2.24) is 4.98 Å². The standard InChI is InChI=1S/C18H16N2O2S/c1-13-10-15(6-8-19-13)20-11-14-2-4-16(5-3-14)23-18-7-9-22-17(18)12-21/h2-10,12H,11H2,1H3,(H,19,20). The molecule has 3 rings (SSSR count). The van der Waals surface area contributed by atoms with Crippen molar-refractivity contribution in [3.63, 3.8) is 0 Å². The van der Waals surface area contributed by atoms with Gasteiger partial charge in [-0.1, -0.05) is 23.9 Å². The molecule has 2 heterocycles. The van der Waals surface area contributed by atoms with Crippen LogP contribution in [0.25, 0.3) is 0 Å². The number of carbonyl (C=O) groups is 1. The van der Waals surface area contributed by atoms with Crippen LogP contribution < -0.4 is 5.32 Å². The predicted molar refractivity (Wildman–Crippen MR) is 91.0 cm³/mol. The van der Waals surface area contributed by atoms with Crippen LogP contribution in [0.15, 0.2) is 69.1 Å². The molecule has 3 aromatic rings. The lowest BCUT2D eigenvalue weighted by molar-refractivity contribution is 0.109. The van der Waals surface area contributed by atoms with Gasteiger partial charge in [0.2, 0.25) is 0 Å². The lowest BCUT2D eigenvalue weighted by atomic mass is 10.2. The Bertz CT molecular complexity index is 797. The molecule has 4 nitrogen and oxygen atoms in total. The Kier molecular flexibility index (Phi) is 4.78. The first kappa shape index (κ1) is 15.4. The van der Waals surface area contributed by atoms with Crippen LogP contribution in [0.1, 0.15) is 21.8 Å². The highest BCUT2D eigenvalue weighted by molar-refractivity contribution is 7.99. The zero-order valence-electron chi connectivity index (χ0n) is 12.7. The fourth-order valence-electron chi connectivity index (χ4n) is 2.14. The van der Waals surface area contributed by atoms with E-state index in [2.05, 4.69) is 22.4 Å². The lowest BCUT2D eigenvalue weighted by Crippen LogP contribution is -1.99. The van der Waals surface area contributed by atoms with Gasteiger partial charge < -0.3 is 9.73 Å². The van der Waals surface area contributed by atoms with Crippen LogP contribution in [-0.4, -0.2) is 11.3 Å². The average molecular weight is 324 g/mol. The van der Waals surface area contributed by atoms with Gasteiger partial charge in [-0.15, -0.1) is 0 Å². The summed E-state index contributed by atoms with van der Waals surface area (Å²) in [6.07, 6.45) is 4.06. The second kappa shape index (κ2) is 7.15. The first-order valence-corrected chi connectivity index (χ1v) is 8.02. The third-order valence-corrected chi connectivity index (χ3v) is 4.37. The van der Waals surface area contributed by atoms with Crippen molar-refractivity contribution in [2.24, 2.45) is 0 Å². The summed E-state index contributed by atoms with van der Waals surface area (Å²) in [6.45, 7) is 2.72. The maximum absolute atomic E-state index is 10.9. The second-order valence-corrected chi connectivity index (χ2v) is 6.17. The molecule has 0 amide bonds. The Balaban J connectivity index is 1.62. The van der Waals surface area contributed by atoms with Gasteiger partial charge in [0.25, 0.3) is 0 Å². The summed E-state index contributed by atoms with van der Waals surface area (Å²) in [5.41, 5.74) is 3.24. The number of aldehydes is 1. The minimum atomic E-state index is 0.369. The molecule has 0 spiro atoms. The van der Waals surface area contributed by atoms with Crippen molar-refractivity contribution in [3.05, 3.63) is 71.9 Å². The maximum Gasteiger partial charge on any atom is 0.186 e. The van der Waals surface area contributed by atoms with E-state index in [9.17, 15) is 4.79 Å². The maximum atomic E-state index is 10.9. The Morgan fingerprint density at radius 2 is 2.04 bits per heavy atom. The van der Waals surface area contributed by atoms with Crippen molar-refractivity contribution >= 4 is 23.7 Å². The Hall–Kier alpha value is -2.53. The van der Waals surface area contributed by atoms with E-state index < -0.39 is 0 Å². The topological polar surface area (TPSA) is 55.1 Å². The molecule has 0 unspecified atom stereocenters. The molecule has 5 heteroatoms. The third-order valence-electron chi connectivity index (χ3n) is 3.31. The number of benzene rings is 1. The van der Waals surface area contributed by atoms with Crippen molar-refractivity contribution in [2.45, 2.75) is 23.3 Å². The normalized spacial score (nSPS) is 10.5. The van der Waals surface area contributed by atoms with Gasteiger partial charge in [-0.3, -0.25) is 9.78 Å². The highest BCUT2D eigenvalue weighted by Gasteiger charge is 2.07. The number of carbonyl (C=O) groups excluding carboxylic acids is 1. The molecule has 1 N–H and O–H groups in total. The van der Waals surface area contributed by atoms with E-state index >= 15 is 0 Å². The summed E-state index contributed by atoms with van der Waals surface area (Å²) in [6, 6.07) is 14.0. The van der Waals surface area contributed by atoms with E-state index in [-0.39, 0.29) is 0 Å². The SMILES string of the molecule is Cc1cc(NCc2ccc(Sc3ccoc3C=O)cc2)ccn1. The molecule has 0 saturated carbocycles. The summed E-state index contributed by atoms with van der Waals surface area (Å²) < 4.78 is 5.10. The average Bonchev–Trinajstić information content (AvgIpc) is 3.01. The van der Waals surface area contributed by atoms with Gasteiger partial charge in [0, 0.05) is 29.0 Å². The number of nitrogens with one attached hydrogen (secondary N) is 1. The van der Waals surface area contributed by atoms with E-state index in [0.29, 0.717) is 5.76 Å². The molecule has 0 aliphatic rings. The van der Waals surface area contributed by atoms with Crippen LogP contribution in [0, 0.1) is 6.92 Å². The van der Waals surface area contributed by atoms with E-state index in [0.717, 1.165) is 34.0 Å². The van der Waals surface area contributed by atoms with Crippen LogP contribution in [0.2, 0.25) is 0 Å². The summed E-state index contributed by atoms with van der Waals surface area (Å²) in [5, 5.41) is 3.38. The molecule has 0 aliphatic carbocycles. The predicted octanol–water partition coefficient (Wildman–Crippen LogP) is 4.56. The van der Waals surface area contributed by atoms with E-state index in [1.165, 1.54) is 23.6 Å². The number of rotatable bonds is 6. The highest BCUT2D eigenvalue weighted by Crippen LogP contribution is 2.30. The van der Waals surface area contributed by atoms with Crippen molar-refractivity contribution in [1.29, 1.82) is 0 Å².